The lowest BCUT2D eigenvalue weighted by molar-refractivity contribution is -0.131. The Hall–Kier alpha value is -2.55. The third-order valence-corrected chi connectivity index (χ3v) is 4.10. The van der Waals surface area contributed by atoms with Crippen molar-refractivity contribution in [3.05, 3.63) is 35.9 Å². The number of rotatable bonds is 6. The van der Waals surface area contributed by atoms with E-state index >= 15 is 0 Å². The van der Waals surface area contributed by atoms with E-state index in [1.165, 1.54) is 0 Å². The van der Waals surface area contributed by atoms with Gasteiger partial charge in [0.15, 0.2) is 0 Å². The number of carbonyl (C=O) groups is 2. The highest BCUT2D eigenvalue weighted by Crippen LogP contribution is 2.19. The average molecular weight is 315 g/mol. The Morgan fingerprint density at radius 3 is 2.78 bits per heavy atom. The lowest BCUT2D eigenvalue weighted by Crippen LogP contribution is -2.42. The number of aryl methyl sites for hydroxylation is 1. The minimum atomic E-state index is -1.13. The summed E-state index contributed by atoms with van der Waals surface area (Å²) in [6.07, 6.45) is 1.73. The molecule has 1 aliphatic rings. The lowest BCUT2D eigenvalue weighted by atomic mass is 10.0. The molecule has 2 N–H and O–H groups in total. The van der Waals surface area contributed by atoms with Crippen LogP contribution >= 0.6 is 0 Å². The van der Waals surface area contributed by atoms with Crippen LogP contribution in [0, 0.1) is 11.3 Å². The molecular weight excluding hydrogens is 294 g/mol. The van der Waals surface area contributed by atoms with Crippen LogP contribution in [0.15, 0.2) is 30.3 Å². The first-order chi connectivity index (χ1) is 11.1. The van der Waals surface area contributed by atoms with Gasteiger partial charge in [0.1, 0.15) is 6.04 Å². The van der Waals surface area contributed by atoms with Crippen molar-refractivity contribution < 1.29 is 14.7 Å². The lowest BCUT2D eigenvalue weighted by Gasteiger charge is -2.23. The van der Waals surface area contributed by atoms with E-state index in [1.807, 2.05) is 30.3 Å². The molecule has 0 aliphatic carbocycles. The Morgan fingerprint density at radius 2 is 2.13 bits per heavy atom. The summed E-state index contributed by atoms with van der Waals surface area (Å²) in [7, 11) is 0. The highest BCUT2D eigenvalue weighted by atomic mass is 16.4. The van der Waals surface area contributed by atoms with Gasteiger partial charge >= 0.3 is 6.09 Å². The van der Waals surface area contributed by atoms with Crippen LogP contribution in [0.25, 0.3) is 0 Å². The van der Waals surface area contributed by atoms with Crippen molar-refractivity contribution in [3.63, 3.8) is 0 Å². The van der Waals surface area contributed by atoms with E-state index in [0.717, 1.165) is 12.0 Å². The van der Waals surface area contributed by atoms with Gasteiger partial charge in [0, 0.05) is 19.0 Å². The molecule has 23 heavy (non-hydrogen) atoms. The molecule has 1 aliphatic heterocycles. The predicted molar refractivity (Wildman–Crippen MR) is 84.7 cm³/mol. The van der Waals surface area contributed by atoms with Crippen molar-refractivity contribution in [2.45, 2.75) is 44.2 Å². The van der Waals surface area contributed by atoms with Crippen molar-refractivity contribution >= 4 is 12.0 Å². The maximum atomic E-state index is 12.4. The third-order valence-electron chi connectivity index (χ3n) is 4.10. The van der Waals surface area contributed by atoms with E-state index in [4.69, 9.17) is 10.4 Å². The van der Waals surface area contributed by atoms with E-state index in [2.05, 4.69) is 11.4 Å². The van der Waals surface area contributed by atoms with Crippen molar-refractivity contribution in [1.29, 1.82) is 5.26 Å². The number of hydrogen-bond donors (Lipinski definition) is 2. The van der Waals surface area contributed by atoms with Gasteiger partial charge in [-0.2, -0.15) is 5.26 Å². The monoisotopic (exact) mass is 315 g/mol. The zero-order valence-corrected chi connectivity index (χ0v) is 12.9. The van der Waals surface area contributed by atoms with Crippen LogP contribution in [-0.2, 0) is 11.2 Å². The van der Waals surface area contributed by atoms with E-state index in [-0.39, 0.29) is 18.4 Å². The molecule has 0 radical (unpaired) electrons. The number of nitrogens with zero attached hydrogens (tertiary/aromatic N) is 2. The minimum Gasteiger partial charge on any atom is -0.465 e. The molecule has 122 valence electrons. The largest absolute Gasteiger partial charge is 0.465 e. The fourth-order valence-electron chi connectivity index (χ4n) is 2.91. The molecule has 6 heteroatoms. The SMILES string of the molecule is N#C[C@@H]1CCCN1C(=O)C[C@H](CCc1ccccc1)NC(=O)O. The normalized spacial score (nSPS) is 18.2. The van der Waals surface area contributed by atoms with Crippen molar-refractivity contribution in [1.82, 2.24) is 10.2 Å². The van der Waals surface area contributed by atoms with E-state index in [0.29, 0.717) is 25.8 Å². The fourth-order valence-corrected chi connectivity index (χ4v) is 2.91. The maximum absolute atomic E-state index is 12.4. The smallest absolute Gasteiger partial charge is 0.404 e. The number of benzene rings is 1. The maximum Gasteiger partial charge on any atom is 0.404 e. The predicted octanol–water partition coefficient (Wildman–Crippen LogP) is 2.16. The van der Waals surface area contributed by atoms with Crippen LogP contribution < -0.4 is 5.32 Å². The molecule has 0 aromatic heterocycles. The Morgan fingerprint density at radius 1 is 1.39 bits per heavy atom. The van der Waals surface area contributed by atoms with Gasteiger partial charge in [-0.15, -0.1) is 0 Å². The van der Waals surface area contributed by atoms with Crippen LogP contribution in [-0.4, -0.2) is 40.6 Å². The summed E-state index contributed by atoms with van der Waals surface area (Å²) in [6.45, 7) is 0.579. The highest BCUT2D eigenvalue weighted by Gasteiger charge is 2.30. The van der Waals surface area contributed by atoms with Crippen LogP contribution in [0.3, 0.4) is 0 Å². The zero-order chi connectivity index (χ0) is 16.7. The number of likely N-dealkylation sites (tertiary alicyclic amines) is 1. The topological polar surface area (TPSA) is 93.4 Å². The molecule has 1 aromatic rings. The molecule has 1 saturated heterocycles. The second-order valence-electron chi connectivity index (χ2n) is 5.75. The number of nitrogens with one attached hydrogen (secondary N) is 1. The van der Waals surface area contributed by atoms with Crippen molar-refractivity contribution in [2.24, 2.45) is 0 Å². The van der Waals surface area contributed by atoms with Crippen molar-refractivity contribution in [2.75, 3.05) is 6.54 Å². The molecule has 0 spiro atoms. The Kier molecular flexibility index (Phi) is 5.98. The summed E-state index contributed by atoms with van der Waals surface area (Å²) in [6, 6.07) is 11.1. The first-order valence-corrected chi connectivity index (χ1v) is 7.82. The molecule has 2 rings (SSSR count). The van der Waals surface area contributed by atoms with Crippen LogP contribution in [0.4, 0.5) is 4.79 Å². The van der Waals surface area contributed by atoms with Crippen molar-refractivity contribution in [3.8, 4) is 6.07 Å². The van der Waals surface area contributed by atoms with E-state index in [1.54, 1.807) is 4.90 Å². The summed E-state index contributed by atoms with van der Waals surface area (Å²) in [5, 5.41) is 20.5. The molecule has 0 saturated carbocycles. The second-order valence-corrected chi connectivity index (χ2v) is 5.75. The molecule has 6 nitrogen and oxygen atoms in total. The van der Waals surface area contributed by atoms with Gasteiger partial charge in [-0.3, -0.25) is 4.79 Å². The van der Waals surface area contributed by atoms with Gasteiger partial charge < -0.3 is 15.3 Å². The van der Waals surface area contributed by atoms with E-state index in [9.17, 15) is 9.59 Å². The van der Waals surface area contributed by atoms with Crippen LogP contribution in [0.1, 0.15) is 31.2 Å². The van der Waals surface area contributed by atoms with Crippen LogP contribution in [0.5, 0.6) is 0 Å². The molecule has 2 atom stereocenters. The number of nitriles is 1. The van der Waals surface area contributed by atoms with Crippen LogP contribution in [0.2, 0.25) is 0 Å². The first-order valence-electron chi connectivity index (χ1n) is 7.82. The summed E-state index contributed by atoms with van der Waals surface area (Å²) >= 11 is 0. The van der Waals surface area contributed by atoms with Gasteiger partial charge in [-0.1, -0.05) is 30.3 Å². The third kappa shape index (κ3) is 4.99. The summed E-state index contributed by atoms with van der Waals surface area (Å²) in [5.74, 6) is -0.152. The van der Waals surface area contributed by atoms with Gasteiger partial charge in [0.05, 0.1) is 6.07 Å². The highest BCUT2D eigenvalue weighted by molar-refractivity contribution is 5.78. The quantitative estimate of drug-likeness (QED) is 0.841. The molecule has 0 unspecified atom stereocenters. The number of hydrogen-bond acceptors (Lipinski definition) is 3. The minimum absolute atomic E-state index is 0.0946. The summed E-state index contributed by atoms with van der Waals surface area (Å²) < 4.78 is 0. The Bertz CT molecular complexity index is 582. The Labute approximate surface area is 135 Å². The number of carbonyl (C=O) groups excluding carboxylic acids is 1. The van der Waals surface area contributed by atoms with E-state index < -0.39 is 12.1 Å². The van der Waals surface area contributed by atoms with Gasteiger partial charge in [-0.05, 0) is 31.2 Å². The molecular formula is C17H21N3O3. The zero-order valence-electron chi connectivity index (χ0n) is 12.9. The van der Waals surface area contributed by atoms with Gasteiger partial charge in [-0.25, -0.2) is 4.79 Å². The average Bonchev–Trinajstić information content (AvgIpc) is 3.02. The fraction of sp³-hybridized carbons (Fsp3) is 0.471. The first kappa shape index (κ1) is 16.8. The standard InChI is InChI=1S/C17H21N3O3/c18-12-15-7-4-10-20(15)16(21)11-14(19-17(22)23)9-8-13-5-2-1-3-6-13/h1-3,5-6,14-15,19H,4,7-11H2,(H,22,23)/t14-,15-/m0/s1. The van der Waals surface area contributed by atoms with Gasteiger partial charge in [0.25, 0.3) is 0 Å². The Balaban J connectivity index is 1.94. The molecule has 1 fully saturated rings. The number of carboxylic acid groups (broad SMARTS) is 1. The summed E-state index contributed by atoms with van der Waals surface area (Å²) in [5.41, 5.74) is 1.10. The molecule has 0 bridgehead atoms. The van der Waals surface area contributed by atoms with Gasteiger partial charge in [0.2, 0.25) is 5.91 Å². The molecule has 2 amide bonds. The second kappa shape index (κ2) is 8.18. The molecule has 1 aromatic carbocycles. The summed E-state index contributed by atoms with van der Waals surface area (Å²) in [4.78, 5) is 24.9. The molecule has 1 heterocycles. The number of amides is 2.